The van der Waals surface area contributed by atoms with E-state index in [-0.39, 0.29) is 0 Å². The Morgan fingerprint density at radius 3 is 2.83 bits per heavy atom. The van der Waals surface area contributed by atoms with Crippen LogP contribution in [0.3, 0.4) is 0 Å². The fraction of sp³-hybridized carbons (Fsp3) is 0.211. The molecule has 23 heavy (non-hydrogen) atoms. The molecule has 0 fully saturated rings. The maximum atomic E-state index is 9.36. The van der Waals surface area contributed by atoms with Crippen molar-refractivity contribution in [3.63, 3.8) is 0 Å². The fourth-order valence-corrected chi connectivity index (χ4v) is 5.08. The zero-order valence-corrected chi connectivity index (χ0v) is 14.2. The van der Waals surface area contributed by atoms with E-state index in [4.69, 9.17) is 0 Å². The zero-order valence-electron chi connectivity index (χ0n) is 12.6. The SMILES string of the molecule is N#Cc1ccccc1CN1CCc2sccc2C1c1cccs1. The quantitative estimate of drug-likeness (QED) is 0.685. The van der Waals surface area contributed by atoms with Crippen molar-refractivity contribution in [2.24, 2.45) is 0 Å². The number of hydrogen-bond donors (Lipinski definition) is 0. The molecule has 0 saturated heterocycles. The lowest BCUT2D eigenvalue weighted by atomic mass is 9.97. The molecule has 0 amide bonds. The van der Waals surface area contributed by atoms with Gasteiger partial charge < -0.3 is 0 Å². The minimum atomic E-state index is 0.316. The summed E-state index contributed by atoms with van der Waals surface area (Å²) in [6.07, 6.45) is 1.10. The summed E-state index contributed by atoms with van der Waals surface area (Å²) in [6.45, 7) is 1.86. The van der Waals surface area contributed by atoms with Crippen LogP contribution in [-0.2, 0) is 13.0 Å². The Hall–Kier alpha value is -1.93. The summed E-state index contributed by atoms with van der Waals surface area (Å²) in [5.41, 5.74) is 3.35. The second-order valence-corrected chi connectivity index (χ2v) is 7.69. The van der Waals surface area contributed by atoms with Crippen LogP contribution < -0.4 is 0 Å². The summed E-state index contributed by atoms with van der Waals surface area (Å²) in [5, 5.41) is 13.7. The van der Waals surface area contributed by atoms with Gasteiger partial charge in [-0.2, -0.15) is 5.26 Å². The predicted octanol–water partition coefficient (Wildman–Crippen LogP) is 4.83. The molecule has 0 bridgehead atoms. The van der Waals surface area contributed by atoms with Crippen LogP contribution >= 0.6 is 22.7 Å². The lowest BCUT2D eigenvalue weighted by Crippen LogP contribution is -2.34. The van der Waals surface area contributed by atoms with Gasteiger partial charge in [0.25, 0.3) is 0 Å². The van der Waals surface area contributed by atoms with Crippen LogP contribution in [0.25, 0.3) is 0 Å². The third-order valence-corrected chi connectivity index (χ3v) is 6.31. The van der Waals surface area contributed by atoms with E-state index < -0.39 is 0 Å². The Morgan fingerprint density at radius 1 is 1.09 bits per heavy atom. The highest BCUT2D eigenvalue weighted by Crippen LogP contribution is 2.40. The highest BCUT2D eigenvalue weighted by Gasteiger charge is 2.30. The molecular formula is C19H16N2S2. The van der Waals surface area contributed by atoms with E-state index in [0.29, 0.717) is 6.04 Å². The number of thiophene rings is 2. The van der Waals surface area contributed by atoms with Gasteiger partial charge in [0.2, 0.25) is 0 Å². The lowest BCUT2D eigenvalue weighted by Gasteiger charge is -2.35. The molecule has 0 aliphatic carbocycles. The van der Waals surface area contributed by atoms with Crippen LogP contribution in [0.4, 0.5) is 0 Å². The summed E-state index contributed by atoms with van der Waals surface area (Å²) in [4.78, 5) is 5.41. The van der Waals surface area contributed by atoms with Crippen LogP contribution in [0.1, 0.15) is 32.5 Å². The van der Waals surface area contributed by atoms with Crippen molar-refractivity contribution in [2.75, 3.05) is 6.54 Å². The van der Waals surface area contributed by atoms with Crippen molar-refractivity contribution in [2.45, 2.75) is 19.0 Å². The summed E-state index contributed by atoms with van der Waals surface area (Å²) >= 11 is 3.69. The number of nitrogens with zero attached hydrogens (tertiary/aromatic N) is 2. The molecule has 1 unspecified atom stereocenters. The molecule has 0 saturated carbocycles. The first-order valence-electron chi connectivity index (χ1n) is 7.68. The van der Waals surface area contributed by atoms with Gasteiger partial charge in [0, 0.05) is 22.8 Å². The molecule has 0 radical (unpaired) electrons. The molecule has 3 aromatic rings. The van der Waals surface area contributed by atoms with Gasteiger partial charge in [-0.3, -0.25) is 4.90 Å². The van der Waals surface area contributed by atoms with Gasteiger partial charge in [-0.15, -0.1) is 22.7 Å². The van der Waals surface area contributed by atoms with Crippen LogP contribution in [0.2, 0.25) is 0 Å². The molecule has 1 aliphatic heterocycles. The summed E-state index contributed by atoms with van der Waals surface area (Å²) in [5.74, 6) is 0. The van der Waals surface area contributed by atoms with Gasteiger partial charge in [0.15, 0.2) is 0 Å². The van der Waals surface area contributed by atoms with Gasteiger partial charge in [0.05, 0.1) is 17.7 Å². The van der Waals surface area contributed by atoms with E-state index in [1.807, 2.05) is 40.9 Å². The van der Waals surface area contributed by atoms with E-state index in [1.54, 1.807) is 0 Å². The number of hydrogen-bond acceptors (Lipinski definition) is 4. The molecule has 4 heteroatoms. The molecule has 1 atom stereocenters. The van der Waals surface area contributed by atoms with Gasteiger partial charge in [0.1, 0.15) is 0 Å². The molecule has 0 N–H and O–H groups in total. The fourth-order valence-electron chi connectivity index (χ4n) is 3.30. The summed E-state index contributed by atoms with van der Waals surface area (Å²) < 4.78 is 0. The Labute approximate surface area is 144 Å². The molecule has 1 aliphatic rings. The van der Waals surface area contributed by atoms with Crippen LogP contribution in [0.5, 0.6) is 0 Å². The van der Waals surface area contributed by atoms with E-state index in [1.165, 1.54) is 15.3 Å². The average Bonchev–Trinajstić information content (AvgIpc) is 3.26. The Bertz CT molecular complexity index is 842. The topological polar surface area (TPSA) is 27.0 Å². The number of rotatable bonds is 3. The minimum absolute atomic E-state index is 0.316. The number of benzene rings is 1. The van der Waals surface area contributed by atoms with Gasteiger partial charge >= 0.3 is 0 Å². The summed E-state index contributed by atoms with van der Waals surface area (Å²) in [7, 11) is 0. The standard InChI is InChI=1S/C19H16N2S2/c20-12-14-4-1-2-5-15(14)13-21-9-7-17-16(8-11-23-17)19(21)18-6-3-10-22-18/h1-6,8,10-11,19H,7,9,13H2. The molecule has 0 spiro atoms. The Morgan fingerprint density at radius 2 is 2.00 bits per heavy atom. The molecule has 2 nitrogen and oxygen atoms in total. The van der Waals surface area contributed by atoms with Crippen molar-refractivity contribution >= 4 is 22.7 Å². The van der Waals surface area contributed by atoms with Crippen molar-refractivity contribution in [1.29, 1.82) is 5.26 Å². The van der Waals surface area contributed by atoms with Gasteiger partial charge in [-0.1, -0.05) is 24.3 Å². The molecule has 2 aromatic heterocycles. The first-order valence-corrected chi connectivity index (χ1v) is 9.44. The van der Waals surface area contributed by atoms with E-state index in [0.717, 1.165) is 30.6 Å². The minimum Gasteiger partial charge on any atom is -0.287 e. The predicted molar refractivity (Wildman–Crippen MR) is 95.8 cm³/mol. The van der Waals surface area contributed by atoms with Crippen LogP contribution in [-0.4, -0.2) is 11.4 Å². The number of nitriles is 1. The van der Waals surface area contributed by atoms with E-state index >= 15 is 0 Å². The highest BCUT2D eigenvalue weighted by atomic mass is 32.1. The second kappa shape index (κ2) is 6.29. The molecular weight excluding hydrogens is 320 g/mol. The van der Waals surface area contributed by atoms with Crippen LogP contribution in [0.15, 0.2) is 53.2 Å². The maximum Gasteiger partial charge on any atom is 0.0995 e. The molecule has 3 heterocycles. The largest absolute Gasteiger partial charge is 0.287 e. The van der Waals surface area contributed by atoms with Crippen molar-refractivity contribution in [3.05, 3.63) is 79.7 Å². The van der Waals surface area contributed by atoms with Crippen LogP contribution in [0, 0.1) is 11.3 Å². The lowest BCUT2D eigenvalue weighted by molar-refractivity contribution is 0.209. The third-order valence-electron chi connectivity index (χ3n) is 4.39. The highest BCUT2D eigenvalue weighted by molar-refractivity contribution is 7.10. The monoisotopic (exact) mass is 336 g/mol. The van der Waals surface area contributed by atoms with Crippen molar-refractivity contribution in [3.8, 4) is 6.07 Å². The molecule has 1 aromatic carbocycles. The van der Waals surface area contributed by atoms with Gasteiger partial charge in [-0.25, -0.2) is 0 Å². The van der Waals surface area contributed by atoms with Gasteiger partial charge in [-0.05, 0) is 46.5 Å². The summed E-state index contributed by atoms with van der Waals surface area (Å²) in [6, 6.07) is 17.2. The van der Waals surface area contributed by atoms with E-state index in [2.05, 4.69) is 46.0 Å². The average molecular weight is 336 g/mol. The first kappa shape index (κ1) is 14.6. The number of fused-ring (bicyclic) bond motifs is 1. The third kappa shape index (κ3) is 2.72. The molecule has 4 rings (SSSR count). The normalized spacial score (nSPS) is 17.6. The maximum absolute atomic E-state index is 9.36. The van der Waals surface area contributed by atoms with E-state index in [9.17, 15) is 5.26 Å². The first-order chi connectivity index (χ1) is 11.4. The molecule has 114 valence electrons. The van der Waals surface area contributed by atoms with Crippen molar-refractivity contribution in [1.82, 2.24) is 4.90 Å². The second-order valence-electron chi connectivity index (χ2n) is 5.71. The Kier molecular flexibility index (Phi) is 4.00. The van der Waals surface area contributed by atoms with Crippen molar-refractivity contribution < 1.29 is 0 Å². The zero-order chi connectivity index (χ0) is 15.6. The smallest absolute Gasteiger partial charge is 0.0995 e. The Balaban J connectivity index is 1.72.